The number of thiazole rings is 1. The molecule has 0 unspecified atom stereocenters. The molecular formula is C28H18FN3O2S. The summed E-state index contributed by atoms with van der Waals surface area (Å²) in [6.45, 7) is 0. The number of carbonyl (C=O) groups is 1. The molecule has 0 spiro atoms. The molecule has 1 N–H and O–H groups in total. The van der Waals surface area contributed by atoms with Gasteiger partial charge in [-0.05, 0) is 40.6 Å². The van der Waals surface area contributed by atoms with Gasteiger partial charge in [0, 0.05) is 23.6 Å². The Morgan fingerprint density at radius 1 is 1.06 bits per heavy atom. The third kappa shape index (κ3) is 4.88. The lowest BCUT2D eigenvalue weighted by molar-refractivity contribution is -0.112. The monoisotopic (exact) mass is 479 g/mol. The fourth-order valence-electron chi connectivity index (χ4n) is 3.77. The van der Waals surface area contributed by atoms with Crippen molar-refractivity contribution < 1.29 is 13.6 Å². The Hall–Kier alpha value is -4.54. The summed E-state index contributed by atoms with van der Waals surface area (Å²) < 4.78 is 19.6. The van der Waals surface area contributed by atoms with E-state index < -0.39 is 11.7 Å². The molecule has 5 aromatic rings. The maximum atomic E-state index is 14.0. The molecule has 35 heavy (non-hydrogen) atoms. The highest BCUT2D eigenvalue weighted by Crippen LogP contribution is 2.27. The second-order valence-corrected chi connectivity index (χ2v) is 8.87. The molecule has 0 saturated heterocycles. The number of halogens is 1. The number of hydrogen-bond donors (Lipinski definition) is 1. The standard InChI is InChI=1S/C28H18FN3O2S/c29-25-11-4-3-10-24(25)26-13-12-21(34-26)14-20(16-30)27(33)32-28-31-17-22(35-28)15-19-8-5-7-18-6-1-2-9-23(18)19/h1-14,17H,15H2,(H,31,32,33)/b20-14+. The van der Waals surface area contributed by atoms with Crippen LogP contribution in [0.2, 0.25) is 0 Å². The molecule has 0 fully saturated rings. The zero-order valence-corrected chi connectivity index (χ0v) is 19.2. The molecule has 0 aliphatic rings. The van der Waals surface area contributed by atoms with Crippen molar-refractivity contribution in [2.45, 2.75) is 6.42 Å². The minimum atomic E-state index is -0.595. The first kappa shape index (κ1) is 22.3. The number of nitriles is 1. The number of nitrogens with zero attached hydrogens (tertiary/aromatic N) is 2. The Kier molecular flexibility index (Phi) is 6.20. The first-order valence-electron chi connectivity index (χ1n) is 10.8. The third-order valence-corrected chi connectivity index (χ3v) is 6.35. The normalized spacial score (nSPS) is 11.4. The van der Waals surface area contributed by atoms with Gasteiger partial charge in [0.05, 0.1) is 5.56 Å². The number of anilines is 1. The molecule has 7 heteroatoms. The van der Waals surface area contributed by atoms with Gasteiger partial charge < -0.3 is 4.42 Å². The highest BCUT2D eigenvalue weighted by atomic mass is 32.1. The fourth-order valence-corrected chi connectivity index (χ4v) is 4.60. The van der Waals surface area contributed by atoms with E-state index >= 15 is 0 Å². The number of benzene rings is 3. The van der Waals surface area contributed by atoms with Gasteiger partial charge in [0.15, 0.2) is 5.13 Å². The predicted octanol–water partition coefficient (Wildman–Crippen LogP) is 6.83. The summed E-state index contributed by atoms with van der Waals surface area (Å²) in [5.74, 6) is -0.433. The van der Waals surface area contributed by atoms with E-state index in [9.17, 15) is 14.4 Å². The largest absolute Gasteiger partial charge is 0.457 e. The zero-order chi connectivity index (χ0) is 24.2. The average molecular weight is 480 g/mol. The molecule has 5 rings (SSSR count). The second-order valence-electron chi connectivity index (χ2n) is 7.75. The van der Waals surface area contributed by atoms with Gasteiger partial charge in [-0.25, -0.2) is 9.37 Å². The lowest BCUT2D eigenvalue weighted by atomic mass is 10.0. The van der Waals surface area contributed by atoms with Crippen LogP contribution in [0.5, 0.6) is 0 Å². The smallest absolute Gasteiger partial charge is 0.268 e. The molecule has 2 heterocycles. The quantitative estimate of drug-likeness (QED) is 0.214. The van der Waals surface area contributed by atoms with Crippen molar-refractivity contribution in [1.82, 2.24) is 4.98 Å². The van der Waals surface area contributed by atoms with Gasteiger partial charge in [0.25, 0.3) is 5.91 Å². The Bertz CT molecular complexity index is 1600. The number of hydrogen-bond acceptors (Lipinski definition) is 5. The van der Waals surface area contributed by atoms with Crippen molar-refractivity contribution >= 4 is 39.2 Å². The molecule has 0 radical (unpaired) electrons. The summed E-state index contributed by atoms with van der Waals surface area (Å²) in [6, 6.07) is 25.7. The van der Waals surface area contributed by atoms with Crippen molar-refractivity contribution in [2.75, 3.05) is 5.32 Å². The number of nitrogens with one attached hydrogen (secondary N) is 1. The first-order chi connectivity index (χ1) is 17.1. The molecular weight excluding hydrogens is 461 g/mol. The minimum Gasteiger partial charge on any atom is -0.457 e. The molecule has 5 nitrogen and oxygen atoms in total. The van der Waals surface area contributed by atoms with Crippen molar-refractivity contribution in [3.63, 3.8) is 0 Å². The highest BCUT2D eigenvalue weighted by Gasteiger charge is 2.15. The number of aromatic nitrogens is 1. The Labute approximate surface area is 204 Å². The van der Waals surface area contributed by atoms with Crippen LogP contribution < -0.4 is 5.32 Å². The van der Waals surface area contributed by atoms with Crippen LogP contribution in [-0.4, -0.2) is 10.9 Å². The number of rotatable bonds is 6. The predicted molar refractivity (Wildman–Crippen MR) is 135 cm³/mol. The summed E-state index contributed by atoms with van der Waals surface area (Å²) in [7, 11) is 0. The Morgan fingerprint density at radius 2 is 1.86 bits per heavy atom. The van der Waals surface area contributed by atoms with Crippen LogP contribution in [0.15, 0.2) is 95.0 Å². The minimum absolute atomic E-state index is 0.148. The van der Waals surface area contributed by atoms with Gasteiger partial charge in [-0.1, -0.05) is 54.6 Å². The Balaban J connectivity index is 1.30. The van der Waals surface area contributed by atoms with Crippen molar-refractivity contribution in [2.24, 2.45) is 0 Å². The number of carbonyl (C=O) groups excluding carboxylic acids is 1. The van der Waals surface area contributed by atoms with Crippen molar-refractivity contribution in [3.05, 3.63) is 113 Å². The van der Waals surface area contributed by atoms with Crippen LogP contribution in [0.1, 0.15) is 16.2 Å². The molecule has 0 aliphatic carbocycles. The maximum Gasteiger partial charge on any atom is 0.268 e. The molecule has 170 valence electrons. The van der Waals surface area contributed by atoms with Crippen molar-refractivity contribution in [1.29, 1.82) is 5.26 Å². The third-order valence-electron chi connectivity index (χ3n) is 5.44. The molecule has 0 aliphatic heterocycles. The molecule has 2 aromatic heterocycles. The Morgan fingerprint density at radius 3 is 2.71 bits per heavy atom. The van der Waals surface area contributed by atoms with Crippen LogP contribution >= 0.6 is 11.3 Å². The summed E-state index contributed by atoms with van der Waals surface area (Å²) in [5, 5.41) is 14.9. The molecule has 0 atom stereocenters. The topological polar surface area (TPSA) is 78.9 Å². The van der Waals surface area contributed by atoms with Gasteiger partial charge in [0.2, 0.25) is 0 Å². The lowest BCUT2D eigenvalue weighted by Crippen LogP contribution is -2.13. The summed E-state index contributed by atoms with van der Waals surface area (Å²) in [4.78, 5) is 18.0. The van der Waals surface area contributed by atoms with Crippen molar-refractivity contribution in [3.8, 4) is 17.4 Å². The average Bonchev–Trinajstić information content (AvgIpc) is 3.52. The SMILES string of the molecule is N#C/C(=C\c1ccc(-c2ccccc2F)o1)C(=O)Nc1ncc(Cc2cccc3ccccc23)s1. The van der Waals surface area contributed by atoms with Gasteiger partial charge >= 0.3 is 0 Å². The second kappa shape index (κ2) is 9.75. The summed E-state index contributed by atoms with van der Waals surface area (Å²) in [5.41, 5.74) is 1.33. The number of amides is 1. The van der Waals surface area contributed by atoms with E-state index in [1.807, 2.05) is 24.3 Å². The number of furan rings is 1. The summed E-state index contributed by atoms with van der Waals surface area (Å²) >= 11 is 1.36. The zero-order valence-electron chi connectivity index (χ0n) is 18.4. The van der Waals surface area contributed by atoms with Crippen LogP contribution in [0.25, 0.3) is 28.2 Å². The molecule has 3 aromatic carbocycles. The van der Waals surface area contributed by atoms with E-state index in [0.29, 0.717) is 22.9 Å². The van der Waals surface area contributed by atoms with Gasteiger partial charge in [-0.15, -0.1) is 11.3 Å². The van der Waals surface area contributed by atoms with Crippen LogP contribution in [0, 0.1) is 17.1 Å². The van der Waals surface area contributed by atoms with E-state index in [1.54, 1.807) is 36.5 Å². The fraction of sp³-hybridized carbons (Fsp3) is 0.0357. The highest BCUT2D eigenvalue weighted by molar-refractivity contribution is 7.15. The van der Waals surface area contributed by atoms with E-state index in [2.05, 4.69) is 34.6 Å². The number of fused-ring (bicyclic) bond motifs is 1. The van der Waals surface area contributed by atoms with E-state index in [0.717, 1.165) is 4.88 Å². The van der Waals surface area contributed by atoms with E-state index in [1.165, 1.54) is 39.8 Å². The van der Waals surface area contributed by atoms with E-state index in [4.69, 9.17) is 4.42 Å². The maximum absolute atomic E-state index is 14.0. The van der Waals surface area contributed by atoms with Gasteiger partial charge in [-0.3, -0.25) is 10.1 Å². The van der Waals surface area contributed by atoms with Gasteiger partial charge in [-0.2, -0.15) is 5.26 Å². The van der Waals surface area contributed by atoms with Gasteiger partial charge in [0.1, 0.15) is 29.0 Å². The van der Waals surface area contributed by atoms with Crippen LogP contribution in [-0.2, 0) is 11.2 Å². The molecule has 0 saturated carbocycles. The van der Waals surface area contributed by atoms with E-state index in [-0.39, 0.29) is 11.3 Å². The first-order valence-corrected chi connectivity index (χ1v) is 11.6. The molecule has 0 bridgehead atoms. The van der Waals surface area contributed by atoms with Crippen LogP contribution in [0.3, 0.4) is 0 Å². The van der Waals surface area contributed by atoms with Crippen LogP contribution in [0.4, 0.5) is 9.52 Å². The summed E-state index contributed by atoms with van der Waals surface area (Å²) in [6.07, 6.45) is 3.73. The lowest BCUT2D eigenvalue weighted by Gasteiger charge is -2.04. The molecule has 1 amide bonds.